The van der Waals surface area contributed by atoms with Crippen LogP contribution in [0.2, 0.25) is 0 Å². The summed E-state index contributed by atoms with van der Waals surface area (Å²) in [5.74, 6) is -0.170. The van der Waals surface area contributed by atoms with E-state index in [1.54, 1.807) is 12.1 Å². The smallest absolute Gasteiger partial charge is 0.391 e. The van der Waals surface area contributed by atoms with Gasteiger partial charge in [-0.05, 0) is 12.1 Å². The molecule has 0 aromatic heterocycles. The highest BCUT2D eigenvalue weighted by Gasteiger charge is 2.12. The Morgan fingerprint density at radius 1 is 1.43 bits per heavy atom. The molecule has 0 bridgehead atoms. The number of rotatable bonds is 4. The molecule has 0 aliphatic rings. The standard InChI is InChI=1S/C8H10NO4P/c9-5-7(10)6-3-1-2-4-8(6)13-14(11)12/h1-4,11-12H,5,9H2. The van der Waals surface area contributed by atoms with Crippen LogP contribution in [-0.4, -0.2) is 22.1 Å². The summed E-state index contributed by atoms with van der Waals surface area (Å²) >= 11 is 0. The van der Waals surface area contributed by atoms with Crippen molar-refractivity contribution in [2.24, 2.45) is 5.73 Å². The van der Waals surface area contributed by atoms with Crippen molar-refractivity contribution >= 4 is 14.4 Å². The molecule has 0 aliphatic heterocycles. The lowest BCUT2D eigenvalue weighted by Gasteiger charge is -2.08. The molecule has 1 aromatic carbocycles. The number of hydrogen-bond acceptors (Lipinski definition) is 5. The van der Waals surface area contributed by atoms with Crippen LogP contribution in [0.5, 0.6) is 5.75 Å². The van der Waals surface area contributed by atoms with Gasteiger partial charge in [-0.1, -0.05) is 12.1 Å². The summed E-state index contributed by atoms with van der Waals surface area (Å²) < 4.78 is 4.67. The van der Waals surface area contributed by atoms with Crippen LogP contribution >= 0.6 is 8.60 Å². The van der Waals surface area contributed by atoms with Crippen LogP contribution in [0.1, 0.15) is 10.4 Å². The van der Waals surface area contributed by atoms with E-state index in [0.29, 0.717) is 0 Å². The van der Waals surface area contributed by atoms with Crippen molar-refractivity contribution in [1.82, 2.24) is 0 Å². The number of para-hydroxylation sites is 1. The minimum absolute atomic E-state index is 0.138. The summed E-state index contributed by atoms with van der Waals surface area (Å²) in [6.07, 6.45) is 0. The molecule has 14 heavy (non-hydrogen) atoms. The first-order valence-electron chi connectivity index (χ1n) is 3.83. The maximum Gasteiger partial charge on any atom is 0.391 e. The van der Waals surface area contributed by atoms with Crippen LogP contribution in [0, 0.1) is 0 Å². The zero-order valence-electron chi connectivity index (χ0n) is 7.25. The molecule has 76 valence electrons. The van der Waals surface area contributed by atoms with E-state index >= 15 is 0 Å². The van der Waals surface area contributed by atoms with Gasteiger partial charge in [0, 0.05) is 0 Å². The molecule has 0 heterocycles. The van der Waals surface area contributed by atoms with Gasteiger partial charge in [0.15, 0.2) is 5.78 Å². The molecule has 0 unspecified atom stereocenters. The molecule has 0 spiro atoms. The van der Waals surface area contributed by atoms with E-state index in [2.05, 4.69) is 4.52 Å². The third-order valence-corrected chi connectivity index (χ3v) is 1.91. The van der Waals surface area contributed by atoms with E-state index in [1.165, 1.54) is 12.1 Å². The van der Waals surface area contributed by atoms with Crippen molar-refractivity contribution in [3.8, 4) is 5.75 Å². The normalized spacial score (nSPS) is 10.3. The molecule has 0 atom stereocenters. The van der Waals surface area contributed by atoms with Gasteiger partial charge in [-0.25, -0.2) is 0 Å². The third kappa shape index (κ3) is 2.75. The lowest BCUT2D eigenvalue weighted by Crippen LogP contribution is -2.14. The summed E-state index contributed by atoms with van der Waals surface area (Å²) in [6, 6.07) is 6.27. The van der Waals surface area contributed by atoms with E-state index in [1.807, 2.05) is 0 Å². The van der Waals surface area contributed by atoms with Gasteiger partial charge in [0.2, 0.25) is 0 Å². The fourth-order valence-electron chi connectivity index (χ4n) is 0.975. The Hall–Kier alpha value is -1.00. The van der Waals surface area contributed by atoms with E-state index in [0.717, 1.165) is 0 Å². The molecule has 1 aromatic rings. The number of nitrogens with two attached hydrogens (primary N) is 1. The topological polar surface area (TPSA) is 92.8 Å². The molecule has 4 N–H and O–H groups in total. The molecule has 0 aliphatic carbocycles. The Labute approximate surface area is 82.1 Å². The van der Waals surface area contributed by atoms with Crippen molar-refractivity contribution < 1.29 is 19.1 Å². The van der Waals surface area contributed by atoms with Crippen LogP contribution in [0.3, 0.4) is 0 Å². The molecule has 0 radical (unpaired) electrons. The van der Waals surface area contributed by atoms with Crippen LogP contribution in [0.15, 0.2) is 24.3 Å². The number of hydrogen-bond donors (Lipinski definition) is 3. The molecule has 6 heteroatoms. The zero-order valence-corrected chi connectivity index (χ0v) is 8.15. The fourth-order valence-corrected chi connectivity index (χ4v) is 1.31. The van der Waals surface area contributed by atoms with Gasteiger partial charge < -0.3 is 20.0 Å². The van der Waals surface area contributed by atoms with Crippen LogP contribution in [0.4, 0.5) is 0 Å². The minimum atomic E-state index is -2.52. The van der Waals surface area contributed by atoms with Gasteiger partial charge >= 0.3 is 8.60 Å². The predicted molar refractivity (Wildman–Crippen MR) is 51.8 cm³/mol. The number of benzene rings is 1. The Kier molecular flexibility index (Phi) is 3.98. The maximum absolute atomic E-state index is 11.3. The molecule has 1 rings (SSSR count). The van der Waals surface area contributed by atoms with E-state index in [9.17, 15) is 4.79 Å². The second-order valence-electron chi connectivity index (χ2n) is 2.47. The summed E-state index contributed by atoms with van der Waals surface area (Å²) in [6.45, 7) is -0.144. The van der Waals surface area contributed by atoms with E-state index in [4.69, 9.17) is 15.5 Å². The van der Waals surface area contributed by atoms with Crippen molar-refractivity contribution in [2.45, 2.75) is 0 Å². The summed E-state index contributed by atoms with van der Waals surface area (Å²) in [5.41, 5.74) is 5.43. The lowest BCUT2D eigenvalue weighted by molar-refractivity contribution is 0.1000. The Morgan fingerprint density at radius 3 is 2.64 bits per heavy atom. The molecule has 0 saturated heterocycles. The van der Waals surface area contributed by atoms with E-state index in [-0.39, 0.29) is 23.6 Å². The fraction of sp³-hybridized carbons (Fsp3) is 0.125. The lowest BCUT2D eigenvalue weighted by atomic mass is 10.1. The quantitative estimate of drug-likeness (QED) is 0.500. The predicted octanol–water partition coefficient (Wildman–Crippen LogP) is 0.418. The monoisotopic (exact) mass is 215 g/mol. The summed E-state index contributed by atoms with van der Waals surface area (Å²) in [5, 5.41) is 0. The highest BCUT2D eigenvalue weighted by molar-refractivity contribution is 7.39. The van der Waals surface area contributed by atoms with Gasteiger partial charge in [0.25, 0.3) is 0 Å². The van der Waals surface area contributed by atoms with Crippen LogP contribution < -0.4 is 10.3 Å². The van der Waals surface area contributed by atoms with Crippen molar-refractivity contribution in [2.75, 3.05) is 6.54 Å². The molecular weight excluding hydrogens is 205 g/mol. The number of Topliss-reactive ketones (excluding diaryl/α,β-unsaturated/α-hetero) is 1. The van der Waals surface area contributed by atoms with Gasteiger partial charge in [-0.3, -0.25) is 4.79 Å². The first-order chi connectivity index (χ1) is 6.65. The Balaban J connectivity index is 2.97. The van der Waals surface area contributed by atoms with Gasteiger partial charge in [-0.15, -0.1) is 0 Å². The SMILES string of the molecule is NCC(=O)c1ccccc1OP(O)O. The zero-order chi connectivity index (χ0) is 10.6. The first kappa shape index (κ1) is 11.1. The second-order valence-corrected chi connectivity index (χ2v) is 3.16. The molecule has 0 amide bonds. The highest BCUT2D eigenvalue weighted by atomic mass is 31.2. The third-order valence-electron chi connectivity index (χ3n) is 1.55. The van der Waals surface area contributed by atoms with Gasteiger partial charge in [0.1, 0.15) is 5.75 Å². The first-order valence-corrected chi connectivity index (χ1v) is 5.00. The highest BCUT2D eigenvalue weighted by Crippen LogP contribution is 2.31. The average Bonchev–Trinajstić information content (AvgIpc) is 2.16. The second kappa shape index (κ2) is 5.02. The van der Waals surface area contributed by atoms with Crippen molar-refractivity contribution in [3.63, 3.8) is 0 Å². The number of carbonyl (C=O) groups is 1. The van der Waals surface area contributed by atoms with E-state index < -0.39 is 8.60 Å². The van der Waals surface area contributed by atoms with Crippen molar-refractivity contribution in [3.05, 3.63) is 29.8 Å². The Bertz CT molecular complexity index is 329. The molecular formula is C8H10NO4P. The summed E-state index contributed by atoms with van der Waals surface area (Å²) in [4.78, 5) is 28.5. The van der Waals surface area contributed by atoms with Crippen LogP contribution in [-0.2, 0) is 0 Å². The van der Waals surface area contributed by atoms with Crippen LogP contribution in [0.25, 0.3) is 0 Å². The molecule has 0 fully saturated rings. The van der Waals surface area contributed by atoms with Crippen molar-refractivity contribution in [1.29, 1.82) is 0 Å². The van der Waals surface area contributed by atoms with Gasteiger partial charge in [0.05, 0.1) is 12.1 Å². The molecule has 5 nitrogen and oxygen atoms in total. The minimum Gasteiger partial charge on any atom is -0.426 e. The maximum atomic E-state index is 11.3. The largest absolute Gasteiger partial charge is 0.426 e. The average molecular weight is 215 g/mol. The molecule has 0 saturated carbocycles. The number of ketones is 1. The summed E-state index contributed by atoms with van der Waals surface area (Å²) in [7, 11) is -2.52. The Morgan fingerprint density at radius 2 is 2.07 bits per heavy atom. The van der Waals surface area contributed by atoms with Gasteiger partial charge in [-0.2, -0.15) is 0 Å². The number of carbonyl (C=O) groups excluding carboxylic acids is 1.